The van der Waals surface area contributed by atoms with E-state index in [2.05, 4.69) is 20.2 Å². The highest BCUT2D eigenvalue weighted by Crippen LogP contribution is 2.13. The zero-order valence-electron chi connectivity index (χ0n) is 12.1. The number of hydrogen-bond acceptors (Lipinski definition) is 5. The molecule has 1 N–H and O–H groups in total. The van der Waals surface area contributed by atoms with Gasteiger partial charge in [-0.1, -0.05) is 11.8 Å². The average Bonchev–Trinajstić information content (AvgIpc) is 2.31. The fraction of sp³-hybridized carbons (Fsp3) is 0.615. The molecule has 0 atom stereocenters. The number of rotatable bonds is 7. The molecule has 1 rings (SSSR count). The summed E-state index contributed by atoms with van der Waals surface area (Å²) < 4.78 is 0. The summed E-state index contributed by atoms with van der Waals surface area (Å²) in [4.78, 5) is 22.3. The van der Waals surface area contributed by atoms with Gasteiger partial charge in [0.2, 0.25) is 5.91 Å². The standard InChI is InChI=1S/C13H22N4OS/c1-10-8-11(2)16-13(15-10)19-9-12(18)14-6-5-7-17(3)4/h8H,5-7,9H2,1-4H3,(H,14,18). The molecule has 0 aliphatic heterocycles. The van der Waals surface area contributed by atoms with Crippen LogP contribution in [0.5, 0.6) is 0 Å². The number of carbonyl (C=O) groups excluding carboxylic acids is 1. The minimum atomic E-state index is 0.0338. The molecule has 5 nitrogen and oxygen atoms in total. The summed E-state index contributed by atoms with van der Waals surface area (Å²) in [6.45, 7) is 5.55. The number of amides is 1. The Morgan fingerprint density at radius 2 is 1.95 bits per heavy atom. The van der Waals surface area contributed by atoms with Crippen LogP contribution < -0.4 is 5.32 Å². The molecule has 0 fully saturated rings. The Morgan fingerprint density at radius 1 is 1.32 bits per heavy atom. The topological polar surface area (TPSA) is 58.1 Å². The highest BCUT2D eigenvalue weighted by atomic mass is 32.2. The van der Waals surface area contributed by atoms with Gasteiger partial charge in [-0.3, -0.25) is 4.79 Å². The Kier molecular flexibility index (Phi) is 6.80. The lowest BCUT2D eigenvalue weighted by Gasteiger charge is -2.09. The summed E-state index contributed by atoms with van der Waals surface area (Å²) in [5.74, 6) is 0.400. The fourth-order valence-corrected chi connectivity index (χ4v) is 2.34. The lowest BCUT2D eigenvalue weighted by Crippen LogP contribution is -2.28. The molecule has 0 unspecified atom stereocenters. The third-order valence-electron chi connectivity index (χ3n) is 2.40. The molecule has 0 spiro atoms. The molecule has 0 saturated heterocycles. The quantitative estimate of drug-likeness (QED) is 0.463. The van der Waals surface area contributed by atoms with E-state index in [1.54, 1.807) is 0 Å². The average molecular weight is 282 g/mol. The molecule has 1 heterocycles. The number of thioether (sulfide) groups is 1. The Labute approximate surface area is 119 Å². The fourth-order valence-electron chi connectivity index (χ4n) is 1.56. The first kappa shape index (κ1) is 15.9. The lowest BCUT2D eigenvalue weighted by atomic mass is 10.4. The van der Waals surface area contributed by atoms with Crippen LogP contribution in [0, 0.1) is 13.8 Å². The summed E-state index contributed by atoms with van der Waals surface area (Å²) in [6, 6.07) is 1.92. The van der Waals surface area contributed by atoms with Gasteiger partial charge in [0.05, 0.1) is 5.75 Å². The van der Waals surface area contributed by atoms with Crippen molar-refractivity contribution in [3.8, 4) is 0 Å². The van der Waals surface area contributed by atoms with Gasteiger partial charge in [0, 0.05) is 17.9 Å². The molecule has 0 saturated carbocycles. The number of aromatic nitrogens is 2. The summed E-state index contributed by atoms with van der Waals surface area (Å²) >= 11 is 1.38. The molecule has 0 bridgehead atoms. The van der Waals surface area contributed by atoms with Crippen molar-refractivity contribution in [2.75, 3.05) is 32.9 Å². The molecule has 1 aromatic rings. The van der Waals surface area contributed by atoms with E-state index in [4.69, 9.17) is 0 Å². The van der Waals surface area contributed by atoms with Gasteiger partial charge < -0.3 is 10.2 Å². The monoisotopic (exact) mass is 282 g/mol. The zero-order chi connectivity index (χ0) is 14.3. The maximum absolute atomic E-state index is 11.6. The van der Waals surface area contributed by atoms with E-state index in [1.807, 2.05) is 34.0 Å². The highest BCUT2D eigenvalue weighted by Gasteiger charge is 2.05. The smallest absolute Gasteiger partial charge is 0.230 e. The van der Waals surface area contributed by atoms with Crippen molar-refractivity contribution in [1.82, 2.24) is 20.2 Å². The summed E-state index contributed by atoms with van der Waals surface area (Å²) in [6.07, 6.45) is 0.962. The molecule has 19 heavy (non-hydrogen) atoms. The van der Waals surface area contributed by atoms with Crippen LogP contribution in [0.4, 0.5) is 0 Å². The van der Waals surface area contributed by atoms with Gasteiger partial charge in [0.1, 0.15) is 0 Å². The van der Waals surface area contributed by atoms with Gasteiger partial charge in [0.25, 0.3) is 0 Å². The van der Waals surface area contributed by atoms with Gasteiger partial charge in [-0.2, -0.15) is 0 Å². The van der Waals surface area contributed by atoms with Crippen LogP contribution in [0.2, 0.25) is 0 Å². The van der Waals surface area contributed by atoms with E-state index in [9.17, 15) is 4.79 Å². The maximum atomic E-state index is 11.6. The second-order valence-electron chi connectivity index (χ2n) is 4.73. The number of hydrogen-bond donors (Lipinski definition) is 1. The Morgan fingerprint density at radius 3 is 2.53 bits per heavy atom. The molecule has 1 aromatic heterocycles. The molecule has 0 aromatic carbocycles. The first-order valence-corrected chi connectivity index (χ1v) is 7.32. The number of nitrogens with one attached hydrogen (secondary N) is 1. The molecule has 6 heteroatoms. The van der Waals surface area contributed by atoms with Crippen molar-refractivity contribution in [2.45, 2.75) is 25.4 Å². The van der Waals surface area contributed by atoms with Crippen LogP contribution >= 0.6 is 11.8 Å². The molecular formula is C13H22N4OS. The molecule has 1 amide bonds. The van der Waals surface area contributed by atoms with E-state index in [0.717, 1.165) is 24.4 Å². The minimum Gasteiger partial charge on any atom is -0.355 e. The third-order valence-corrected chi connectivity index (χ3v) is 3.25. The van der Waals surface area contributed by atoms with Crippen molar-refractivity contribution in [3.05, 3.63) is 17.5 Å². The van der Waals surface area contributed by atoms with Crippen LogP contribution in [0.3, 0.4) is 0 Å². The van der Waals surface area contributed by atoms with Crippen molar-refractivity contribution in [1.29, 1.82) is 0 Å². The van der Waals surface area contributed by atoms with Gasteiger partial charge in [-0.05, 0) is 47.0 Å². The van der Waals surface area contributed by atoms with E-state index >= 15 is 0 Å². The molecule has 106 valence electrons. The second kappa shape index (κ2) is 8.12. The maximum Gasteiger partial charge on any atom is 0.230 e. The number of carbonyl (C=O) groups is 1. The molecular weight excluding hydrogens is 260 g/mol. The molecule has 0 radical (unpaired) electrons. The molecule has 0 aliphatic carbocycles. The van der Waals surface area contributed by atoms with Crippen LogP contribution in [-0.2, 0) is 4.79 Å². The zero-order valence-corrected chi connectivity index (χ0v) is 12.9. The summed E-state index contributed by atoms with van der Waals surface area (Å²) in [5.41, 5.74) is 1.86. The molecule has 0 aliphatic rings. The van der Waals surface area contributed by atoms with Crippen molar-refractivity contribution in [3.63, 3.8) is 0 Å². The normalized spacial score (nSPS) is 10.8. The van der Waals surface area contributed by atoms with E-state index in [0.29, 0.717) is 17.5 Å². The van der Waals surface area contributed by atoms with Crippen LogP contribution in [0.25, 0.3) is 0 Å². The van der Waals surface area contributed by atoms with Crippen molar-refractivity contribution in [2.24, 2.45) is 0 Å². The number of aryl methyl sites for hydroxylation is 2. The van der Waals surface area contributed by atoms with Crippen LogP contribution in [0.15, 0.2) is 11.2 Å². The predicted molar refractivity (Wildman–Crippen MR) is 78.4 cm³/mol. The van der Waals surface area contributed by atoms with E-state index < -0.39 is 0 Å². The van der Waals surface area contributed by atoms with Crippen molar-refractivity contribution < 1.29 is 4.79 Å². The van der Waals surface area contributed by atoms with Gasteiger partial charge >= 0.3 is 0 Å². The van der Waals surface area contributed by atoms with Gasteiger partial charge in [-0.25, -0.2) is 9.97 Å². The van der Waals surface area contributed by atoms with Gasteiger partial charge in [0.15, 0.2) is 5.16 Å². The first-order valence-electron chi connectivity index (χ1n) is 6.34. The Hall–Kier alpha value is -1.14. The largest absolute Gasteiger partial charge is 0.355 e. The van der Waals surface area contributed by atoms with Crippen molar-refractivity contribution >= 4 is 17.7 Å². The summed E-state index contributed by atoms with van der Waals surface area (Å²) in [7, 11) is 4.05. The lowest BCUT2D eigenvalue weighted by molar-refractivity contribution is -0.118. The predicted octanol–water partition coefficient (Wildman–Crippen LogP) is 1.25. The minimum absolute atomic E-state index is 0.0338. The Bertz CT molecular complexity index is 403. The second-order valence-corrected chi connectivity index (χ2v) is 5.67. The van der Waals surface area contributed by atoms with Crippen LogP contribution in [0.1, 0.15) is 17.8 Å². The SMILES string of the molecule is Cc1cc(C)nc(SCC(=O)NCCCN(C)C)n1. The Balaban J connectivity index is 2.26. The van der Waals surface area contributed by atoms with Crippen LogP contribution in [-0.4, -0.2) is 53.7 Å². The summed E-state index contributed by atoms with van der Waals surface area (Å²) in [5, 5.41) is 3.56. The number of nitrogens with zero attached hydrogens (tertiary/aromatic N) is 3. The highest BCUT2D eigenvalue weighted by molar-refractivity contribution is 7.99. The van der Waals surface area contributed by atoms with Gasteiger partial charge in [-0.15, -0.1) is 0 Å². The van der Waals surface area contributed by atoms with E-state index in [-0.39, 0.29) is 5.91 Å². The first-order chi connectivity index (χ1) is 8.97. The van der Waals surface area contributed by atoms with E-state index in [1.165, 1.54) is 11.8 Å². The third kappa shape index (κ3) is 7.12.